The first-order chi connectivity index (χ1) is 7.96. The predicted molar refractivity (Wildman–Crippen MR) is 67.6 cm³/mol. The van der Waals surface area contributed by atoms with Gasteiger partial charge in [0.15, 0.2) is 0 Å². The minimum atomic E-state index is -3.53. The van der Waals surface area contributed by atoms with Crippen LogP contribution in [0.5, 0.6) is 0 Å². The van der Waals surface area contributed by atoms with Crippen molar-refractivity contribution in [1.82, 2.24) is 0 Å². The molecular weight excluding hydrogens is 260 g/mol. The topological polar surface area (TPSA) is 43.4 Å². The largest absolute Gasteiger partial charge is 0.374 e. The average Bonchev–Trinajstić information content (AvgIpc) is 2.68. The first-order valence-electron chi connectivity index (χ1n) is 5.59. The highest BCUT2D eigenvalue weighted by Crippen LogP contribution is 2.32. The lowest BCUT2D eigenvalue weighted by molar-refractivity contribution is 0.111. The number of hydrogen-bond donors (Lipinski definition) is 0. The van der Waals surface area contributed by atoms with E-state index in [0.717, 1.165) is 36.1 Å². The number of rotatable bonds is 3. The lowest BCUT2D eigenvalue weighted by Gasteiger charge is -2.15. The summed E-state index contributed by atoms with van der Waals surface area (Å²) in [7, 11) is 1.80. The van der Waals surface area contributed by atoms with Crippen molar-refractivity contribution in [3.05, 3.63) is 34.9 Å². The lowest BCUT2D eigenvalue weighted by atomic mass is 9.99. The molecule has 0 aliphatic carbocycles. The maximum atomic E-state index is 11.2. The molecule has 5 heteroatoms. The van der Waals surface area contributed by atoms with Gasteiger partial charge in [0.2, 0.25) is 9.05 Å². The molecule has 0 amide bonds. The Balaban J connectivity index is 2.36. The Morgan fingerprint density at radius 2 is 2.24 bits per heavy atom. The zero-order chi connectivity index (χ0) is 12.5. The van der Waals surface area contributed by atoms with Crippen LogP contribution in [0.15, 0.2) is 18.2 Å². The average molecular weight is 275 g/mol. The first-order valence-corrected chi connectivity index (χ1v) is 8.07. The van der Waals surface area contributed by atoms with E-state index in [-0.39, 0.29) is 11.9 Å². The summed E-state index contributed by atoms with van der Waals surface area (Å²) in [4.78, 5) is 0. The quantitative estimate of drug-likeness (QED) is 0.796. The molecule has 1 atom stereocenters. The summed E-state index contributed by atoms with van der Waals surface area (Å²) in [6.07, 6.45) is 1.98. The Morgan fingerprint density at radius 3 is 2.82 bits per heavy atom. The van der Waals surface area contributed by atoms with Gasteiger partial charge in [0.05, 0.1) is 11.9 Å². The lowest BCUT2D eigenvalue weighted by Crippen LogP contribution is -2.05. The van der Waals surface area contributed by atoms with Crippen molar-refractivity contribution in [1.29, 1.82) is 0 Å². The monoisotopic (exact) mass is 274 g/mol. The number of aryl methyl sites for hydroxylation is 1. The van der Waals surface area contributed by atoms with Gasteiger partial charge in [0.25, 0.3) is 0 Å². The summed E-state index contributed by atoms with van der Waals surface area (Å²) >= 11 is 0. The molecular formula is C12H15ClO3S. The molecule has 0 spiro atoms. The predicted octanol–water partition coefficient (Wildman–Crippen LogP) is 2.92. The van der Waals surface area contributed by atoms with Gasteiger partial charge in [-0.3, -0.25) is 0 Å². The third-order valence-corrected chi connectivity index (χ3v) is 3.89. The van der Waals surface area contributed by atoms with Gasteiger partial charge in [0.1, 0.15) is 0 Å². The molecule has 1 aliphatic rings. The minimum Gasteiger partial charge on any atom is -0.374 e. The smallest absolute Gasteiger partial charge is 0.236 e. The van der Waals surface area contributed by atoms with Gasteiger partial charge in [-0.2, -0.15) is 0 Å². The van der Waals surface area contributed by atoms with Gasteiger partial charge in [-0.25, -0.2) is 8.42 Å². The zero-order valence-electron chi connectivity index (χ0n) is 9.65. The fourth-order valence-electron chi connectivity index (χ4n) is 2.18. The van der Waals surface area contributed by atoms with Crippen molar-refractivity contribution >= 4 is 19.7 Å². The van der Waals surface area contributed by atoms with Gasteiger partial charge in [-0.05, 0) is 30.9 Å². The maximum absolute atomic E-state index is 11.2. The highest BCUT2D eigenvalue weighted by molar-refractivity contribution is 8.13. The molecule has 1 heterocycles. The molecule has 94 valence electrons. The summed E-state index contributed by atoms with van der Waals surface area (Å²) in [5.74, 6) is -0.134. The summed E-state index contributed by atoms with van der Waals surface area (Å²) in [5, 5.41) is 0. The standard InChI is InChI=1S/C12H15ClO3S/c1-9-4-5-11(12-3-2-6-16-12)10(7-9)8-17(13,14)15/h4-5,7,12H,2-3,6,8H2,1H3. The normalized spacial score (nSPS) is 20.7. The van der Waals surface area contributed by atoms with E-state index in [1.165, 1.54) is 0 Å². The van der Waals surface area contributed by atoms with Crippen LogP contribution in [0.25, 0.3) is 0 Å². The SMILES string of the molecule is Cc1ccc(C2CCCO2)c(CS(=O)(=O)Cl)c1. The highest BCUT2D eigenvalue weighted by Gasteiger charge is 2.22. The van der Waals surface area contributed by atoms with Crippen LogP contribution in [0, 0.1) is 6.92 Å². The molecule has 2 rings (SSSR count). The van der Waals surface area contributed by atoms with Crippen LogP contribution in [0.1, 0.15) is 35.6 Å². The number of benzene rings is 1. The van der Waals surface area contributed by atoms with E-state index in [9.17, 15) is 8.42 Å². The summed E-state index contributed by atoms with van der Waals surface area (Å²) in [6, 6.07) is 5.79. The minimum absolute atomic E-state index is 0.0176. The Kier molecular flexibility index (Phi) is 3.76. The molecule has 17 heavy (non-hydrogen) atoms. The number of ether oxygens (including phenoxy) is 1. The van der Waals surface area contributed by atoms with E-state index in [2.05, 4.69) is 0 Å². The molecule has 1 aromatic carbocycles. The molecule has 1 fully saturated rings. The van der Waals surface area contributed by atoms with E-state index in [1.807, 2.05) is 25.1 Å². The third-order valence-electron chi connectivity index (χ3n) is 2.90. The van der Waals surface area contributed by atoms with Crippen molar-refractivity contribution < 1.29 is 13.2 Å². The van der Waals surface area contributed by atoms with E-state index < -0.39 is 9.05 Å². The Hall–Kier alpha value is -0.580. The molecule has 1 saturated heterocycles. The molecule has 0 saturated carbocycles. The molecule has 1 aromatic rings. The van der Waals surface area contributed by atoms with Gasteiger partial charge in [0, 0.05) is 17.3 Å². The number of hydrogen-bond acceptors (Lipinski definition) is 3. The van der Waals surface area contributed by atoms with Crippen LogP contribution < -0.4 is 0 Å². The van der Waals surface area contributed by atoms with E-state index in [4.69, 9.17) is 15.4 Å². The van der Waals surface area contributed by atoms with Crippen molar-refractivity contribution in [3.8, 4) is 0 Å². The van der Waals surface area contributed by atoms with Crippen LogP contribution in [0.2, 0.25) is 0 Å². The molecule has 1 unspecified atom stereocenters. The molecule has 1 aliphatic heterocycles. The van der Waals surface area contributed by atoms with Crippen LogP contribution in [0.3, 0.4) is 0 Å². The zero-order valence-corrected chi connectivity index (χ0v) is 11.2. The second-order valence-corrected chi connectivity index (χ2v) is 7.16. The van der Waals surface area contributed by atoms with Crippen LogP contribution in [0.4, 0.5) is 0 Å². The summed E-state index contributed by atoms with van der Waals surface area (Å²) < 4.78 is 28.0. The summed E-state index contributed by atoms with van der Waals surface area (Å²) in [5.41, 5.74) is 2.74. The second kappa shape index (κ2) is 4.96. The molecule has 3 nitrogen and oxygen atoms in total. The fraction of sp³-hybridized carbons (Fsp3) is 0.500. The Bertz CT molecular complexity index is 504. The van der Waals surface area contributed by atoms with Gasteiger partial charge in [-0.15, -0.1) is 0 Å². The van der Waals surface area contributed by atoms with Crippen molar-refractivity contribution in [2.45, 2.75) is 31.6 Å². The molecule has 0 aromatic heterocycles. The van der Waals surface area contributed by atoms with E-state index in [1.54, 1.807) is 0 Å². The van der Waals surface area contributed by atoms with Crippen LogP contribution in [-0.4, -0.2) is 15.0 Å². The van der Waals surface area contributed by atoms with Gasteiger partial charge < -0.3 is 4.74 Å². The van der Waals surface area contributed by atoms with Crippen LogP contribution in [-0.2, 0) is 19.5 Å². The Labute approximate surface area is 106 Å². The van der Waals surface area contributed by atoms with Crippen LogP contribution >= 0.6 is 10.7 Å². The van der Waals surface area contributed by atoms with E-state index >= 15 is 0 Å². The molecule has 0 bridgehead atoms. The highest BCUT2D eigenvalue weighted by atomic mass is 35.7. The van der Waals surface area contributed by atoms with Crippen molar-refractivity contribution in [3.63, 3.8) is 0 Å². The third kappa shape index (κ3) is 3.44. The second-order valence-electron chi connectivity index (χ2n) is 4.39. The van der Waals surface area contributed by atoms with Gasteiger partial charge >= 0.3 is 0 Å². The first kappa shape index (κ1) is 12.9. The molecule has 0 radical (unpaired) electrons. The van der Waals surface area contributed by atoms with Crippen molar-refractivity contribution in [2.24, 2.45) is 0 Å². The van der Waals surface area contributed by atoms with E-state index in [0.29, 0.717) is 0 Å². The maximum Gasteiger partial charge on any atom is 0.236 e. The molecule has 0 N–H and O–H groups in total. The number of halogens is 1. The van der Waals surface area contributed by atoms with Gasteiger partial charge in [-0.1, -0.05) is 23.8 Å². The fourth-order valence-corrected chi connectivity index (χ4v) is 3.16. The van der Waals surface area contributed by atoms with Crippen molar-refractivity contribution in [2.75, 3.05) is 6.61 Å². The Morgan fingerprint density at radius 1 is 1.47 bits per heavy atom. The summed E-state index contributed by atoms with van der Waals surface area (Å²) in [6.45, 7) is 2.68.